The summed E-state index contributed by atoms with van der Waals surface area (Å²) in [5.74, 6) is -2.36. The van der Waals surface area contributed by atoms with E-state index in [0.29, 0.717) is 10.8 Å². The van der Waals surface area contributed by atoms with Crippen LogP contribution in [-0.4, -0.2) is 0 Å². The molecule has 17 heavy (non-hydrogen) atoms. The third kappa shape index (κ3) is 1.39. The summed E-state index contributed by atoms with van der Waals surface area (Å²) in [6, 6.07) is 11.6. The molecule has 0 saturated carbocycles. The van der Waals surface area contributed by atoms with E-state index in [9.17, 15) is 13.2 Å². The molecular formula is C14H5F3. The zero-order valence-electron chi connectivity index (χ0n) is 8.52. The van der Waals surface area contributed by atoms with Crippen LogP contribution in [0.4, 0.5) is 13.2 Å². The summed E-state index contributed by atoms with van der Waals surface area (Å²) < 4.78 is 40.9. The first-order valence-electron chi connectivity index (χ1n) is 4.96. The van der Waals surface area contributed by atoms with Crippen LogP contribution in [0.15, 0.2) is 30.3 Å². The summed E-state index contributed by atoms with van der Waals surface area (Å²) in [6.07, 6.45) is 0. The van der Waals surface area contributed by atoms with E-state index < -0.39 is 17.5 Å². The van der Waals surface area contributed by atoms with Crippen LogP contribution in [0, 0.1) is 29.6 Å². The first kappa shape index (κ1) is 10.1. The van der Waals surface area contributed by atoms with Crippen molar-refractivity contribution in [3.63, 3.8) is 0 Å². The lowest BCUT2D eigenvalue weighted by atomic mass is 10.0. The van der Waals surface area contributed by atoms with E-state index in [1.807, 2.05) is 0 Å². The van der Waals surface area contributed by atoms with Crippen LogP contribution in [0.1, 0.15) is 0 Å². The molecule has 2 radical (unpaired) electrons. The molecule has 0 amide bonds. The second kappa shape index (κ2) is 3.48. The van der Waals surface area contributed by atoms with Crippen LogP contribution in [0.5, 0.6) is 0 Å². The van der Waals surface area contributed by atoms with E-state index in [-0.39, 0.29) is 10.8 Å². The minimum absolute atomic E-state index is 0.0507. The minimum Gasteiger partial charge on any atom is -0.206 e. The highest BCUT2D eigenvalue weighted by molar-refractivity contribution is 6.08. The van der Waals surface area contributed by atoms with E-state index in [1.54, 1.807) is 12.1 Å². The first-order chi connectivity index (χ1) is 8.18. The van der Waals surface area contributed by atoms with Crippen LogP contribution < -0.4 is 0 Å². The topological polar surface area (TPSA) is 0 Å². The summed E-state index contributed by atoms with van der Waals surface area (Å²) in [6.45, 7) is 0. The number of hydrogen-bond acceptors (Lipinski definition) is 0. The van der Waals surface area contributed by atoms with Crippen molar-refractivity contribution < 1.29 is 13.2 Å². The molecule has 0 saturated heterocycles. The van der Waals surface area contributed by atoms with Crippen molar-refractivity contribution in [1.29, 1.82) is 0 Å². The van der Waals surface area contributed by atoms with Crippen LogP contribution >= 0.6 is 0 Å². The van der Waals surface area contributed by atoms with Gasteiger partial charge in [-0.3, -0.25) is 0 Å². The van der Waals surface area contributed by atoms with Crippen molar-refractivity contribution in [2.45, 2.75) is 0 Å². The highest BCUT2D eigenvalue weighted by atomic mass is 19.1. The molecule has 3 aromatic carbocycles. The summed E-state index contributed by atoms with van der Waals surface area (Å²) in [7, 11) is 0. The summed E-state index contributed by atoms with van der Waals surface area (Å²) in [5, 5.41) is 0.543. The molecule has 0 aliphatic heterocycles. The van der Waals surface area contributed by atoms with E-state index >= 15 is 0 Å². The Bertz CT molecular complexity index is 732. The largest absolute Gasteiger partial charge is 0.206 e. The Labute approximate surface area is 95.3 Å². The smallest absolute Gasteiger partial charge is 0.142 e. The van der Waals surface area contributed by atoms with Gasteiger partial charge in [0.05, 0.1) is 5.39 Å². The second-order valence-corrected chi connectivity index (χ2v) is 3.71. The molecular weight excluding hydrogens is 225 g/mol. The molecule has 82 valence electrons. The Hall–Kier alpha value is -2.03. The van der Waals surface area contributed by atoms with Gasteiger partial charge >= 0.3 is 0 Å². The fourth-order valence-corrected chi connectivity index (χ4v) is 1.99. The molecule has 3 aromatic rings. The molecule has 3 heteroatoms. The third-order valence-corrected chi connectivity index (χ3v) is 2.72. The van der Waals surface area contributed by atoms with Gasteiger partial charge in [-0.05, 0) is 35.0 Å². The van der Waals surface area contributed by atoms with Gasteiger partial charge in [-0.25, -0.2) is 13.2 Å². The predicted octanol–water partition coefficient (Wildman–Crippen LogP) is 4.01. The number of benzene rings is 3. The Morgan fingerprint density at radius 2 is 1.76 bits per heavy atom. The predicted molar refractivity (Wildman–Crippen MR) is 59.0 cm³/mol. The zero-order valence-corrected chi connectivity index (χ0v) is 8.52. The highest BCUT2D eigenvalue weighted by Gasteiger charge is 2.14. The average molecular weight is 230 g/mol. The number of rotatable bonds is 0. The van der Waals surface area contributed by atoms with Gasteiger partial charge < -0.3 is 0 Å². The normalized spacial score (nSPS) is 11.2. The third-order valence-electron chi connectivity index (χ3n) is 2.72. The Morgan fingerprint density at radius 3 is 2.59 bits per heavy atom. The summed E-state index contributed by atoms with van der Waals surface area (Å²) >= 11 is 0. The van der Waals surface area contributed by atoms with Gasteiger partial charge in [-0.15, -0.1) is 0 Å². The van der Waals surface area contributed by atoms with Crippen LogP contribution in [0.25, 0.3) is 21.5 Å². The number of hydrogen-bond donors (Lipinski definition) is 0. The molecule has 0 N–H and O–H groups in total. The van der Waals surface area contributed by atoms with Gasteiger partial charge in [0, 0.05) is 11.5 Å². The fraction of sp³-hybridized carbons (Fsp3) is 0. The van der Waals surface area contributed by atoms with Crippen LogP contribution in [-0.2, 0) is 0 Å². The van der Waals surface area contributed by atoms with E-state index in [4.69, 9.17) is 0 Å². The SMILES string of the molecule is Fc1[c]cc(F)c2c1c(F)cc1c[c]ccc12. The van der Waals surface area contributed by atoms with Gasteiger partial charge in [0.1, 0.15) is 17.5 Å². The van der Waals surface area contributed by atoms with Crippen molar-refractivity contribution in [3.05, 3.63) is 59.9 Å². The van der Waals surface area contributed by atoms with Gasteiger partial charge in [0.2, 0.25) is 0 Å². The molecule has 0 spiro atoms. The average Bonchev–Trinajstić information content (AvgIpc) is 2.33. The van der Waals surface area contributed by atoms with Gasteiger partial charge in [0.25, 0.3) is 0 Å². The molecule has 0 unspecified atom stereocenters. The Kier molecular flexibility index (Phi) is 2.08. The second-order valence-electron chi connectivity index (χ2n) is 3.71. The van der Waals surface area contributed by atoms with Crippen molar-refractivity contribution in [2.75, 3.05) is 0 Å². The van der Waals surface area contributed by atoms with E-state index in [2.05, 4.69) is 12.1 Å². The molecule has 0 heterocycles. The molecule has 0 atom stereocenters. The quantitative estimate of drug-likeness (QED) is 0.512. The minimum atomic E-state index is -0.881. The van der Waals surface area contributed by atoms with Crippen molar-refractivity contribution in [3.8, 4) is 0 Å². The molecule has 0 bridgehead atoms. The maximum absolute atomic E-state index is 13.7. The lowest BCUT2D eigenvalue weighted by Gasteiger charge is -2.06. The van der Waals surface area contributed by atoms with E-state index in [0.717, 1.165) is 6.07 Å². The highest BCUT2D eigenvalue weighted by Crippen LogP contribution is 2.31. The monoisotopic (exact) mass is 230 g/mol. The standard InChI is InChI=1S/C14H5F3/c15-10-5-6-11(16)14-12(17)7-8-3-1-2-4-9(8)13(10)14/h2-5,7H. The van der Waals surface area contributed by atoms with Crippen molar-refractivity contribution in [2.24, 2.45) is 0 Å². The van der Waals surface area contributed by atoms with Gasteiger partial charge in [-0.2, -0.15) is 0 Å². The molecule has 0 aliphatic carbocycles. The van der Waals surface area contributed by atoms with Gasteiger partial charge in [0.15, 0.2) is 0 Å². The van der Waals surface area contributed by atoms with Crippen molar-refractivity contribution >= 4 is 21.5 Å². The molecule has 3 rings (SSSR count). The lowest BCUT2D eigenvalue weighted by molar-refractivity contribution is 0.596. The maximum Gasteiger partial charge on any atom is 0.142 e. The lowest BCUT2D eigenvalue weighted by Crippen LogP contribution is -1.91. The Morgan fingerprint density at radius 1 is 0.941 bits per heavy atom. The summed E-state index contributed by atoms with van der Waals surface area (Å²) in [5.41, 5.74) is 0. The first-order valence-corrected chi connectivity index (χ1v) is 4.96. The maximum atomic E-state index is 13.7. The van der Waals surface area contributed by atoms with Gasteiger partial charge in [-0.1, -0.05) is 12.1 Å². The number of halogens is 3. The molecule has 0 fully saturated rings. The van der Waals surface area contributed by atoms with Crippen LogP contribution in [0.2, 0.25) is 0 Å². The number of fused-ring (bicyclic) bond motifs is 3. The Balaban J connectivity index is 2.69. The molecule has 0 nitrogen and oxygen atoms in total. The fourth-order valence-electron chi connectivity index (χ4n) is 1.99. The summed E-state index contributed by atoms with van der Waals surface area (Å²) in [4.78, 5) is 0. The molecule has 0 aromatic heterocycles. The van der Waals surface area contributed by atoms with Crippen LogP contribution in [0.3, 0.4) is 0 Å². The zero-order chi connectivity index (χ0) is 12.0. The van der Waals surface area contributed by atoms with Crippen molar-refractivity contribution in [1.82, 2.24) is 0 Å². The van der Waals surface area contributed by atoms with E-state index in [1.165, 1.54) is 12.1 Å². The molecule has 0 aliphatic rings.